The van der Waals surface area contributed by atoms with Crippen molar-refractivity contribution in [3.8, 4) is 6.07 Å². The standard InChI is InChI=1S/C12H9F2IN2O/c13-9-7(1-2-8(15)10(9)14)11(18)17-12(3-4-12)5-6-16/h1-2H,3-5H2,(H,17,18). The molecule has 0 saturated heterocycles. The summed E-state index contributed by atoms with van der Waals surface area (Å²) in [5, 5.41) is 11.2. The van der Waals surface area contributed by atoms with Crippen molar-refractivity contribution in [3.05, 3.63) is 32.9 Å². The van der Waals surface area contributed by atoms with Crippen molar-refractivity contribution >= 4 is 28.5 Å². The van der Waals surface area contributed by atoms with E-state index in [0.29, 0.717) is 12.8 Å². The van der Waals surface area contributed by atoms with Crippen LogP contribution in [0.25, 0.3) is 0 Å². The Bertz CT molecular complexity index is 550. The third kappa shape index (κ3) is 2.46. The molecule has 1 N–H and O–H groups in total. The Labute approximate surface area is 116 Å². The predicted octanol–water partition coefficient (Wildman–Crippen LogP) is 2.75. The van der Waals surface area contributed by atoms with Gasteiger partial charge in [-0.25, -0.2) is 8.78 Å². The first kappa shape index (κ1) is 13.2. The third-order valence-electron chi connectivity index (χ3n) is 2.93. The molecule has 1 aromatic rings. The lowest BCUT2D eigenvalue weighted by atomic mass is 10.1. The van der Waals surface area contributed by atoms with Gasteiger partial charge in [0, 0.05) is 0 Å². The van der Waals surface area contributed by atoms with Crippen molar-refractivity contribution in [2.75, 3.05) is 0 Å². The van der Waals surface area contributed by atoms with Gasteiger partial charge in [-0.15, -0.1) is 0 Å². The average molecular weight is 362 g/mol. The van der Waals surface area contributed by atoms with Crippen LogP contribution in [-0.2, 0) is 0 Å². The first-order chi connectivity index (χ1) is 8.49. The molecule has 0 heterocycles. The number of nitrogens with one attached hydrogen (secondary N) is 1. The van der Waals surface area contributed by atoms with Crippen LogP contribution in [0.5, 0.6) is 0 Å². The molecule has 1 saturated carbocycles. The number of hydrogen-bond acceptors (Lipinski definition) is 2. The van der Waals surface area contributed by atoms with Gasteiger partial charge in [-0.05, 0) is 47.6 Å². The van der Waals surface area contributed by atoms with Gasteiger partial charge < -0.3 is 5.32 Å². The van der Waals surface area contributed by atoms with Crippen molar-refractivity contribution in [2.24, 2.45) is 0 Å². The van der Waals surface area contributed by atoms with Crippen LogP contribution in [0.2, 0.25) is 0 Å². The molecular formula is C12H9F2IN2O. The van der Waals surface area contributed by atoms with E-state index in [2.05, 4.69) is 5.32 Å². The Kier molecular flexibility index (Phi) is 3.52. The third-order valence-corrected chi connectivity index (χ3v) is 3.76. The highest BCUT2D eigenvalue weighted by atomic mass is 127. The lowest BCUT2D eigenvalue weighted by molar-refractivity contribution is 0.0927. The van der Waals surface area contributed by atoms with Crippen LogP contribution >= 0.6 is 22.6 Å². The second-order valence-electron chi connectivity index (χ2n) is 4.29. The molecule has 0 radical (unpaired) electrons. The monoisotopic (exact) mass is 362 g/mol. The lowest BCUT2D eigenvalue weighted by Crippen LogP contribution is -2.37. The maximum absolute atomic E-state index is 13.6. The molecule has 0 bridgehead atoms. The maximum atomic E-state index is 13.6. The highest BCUT2D eigenvalue weighted by Gasteiger charge is 2.44. The normalized spacial score (nSPS) is 15.9. The summed E-state index contributed by atoms with van der Waals surface area (Å²) in [6.07, 6.45) is 1.58. The van der Waals surface area contributed by atoms with Gasteiger partial charge in [0.1, 0.15) is 0 Å². The number of amides is 1. The van der Waals surface area contributed by atoms with Crippen molar-refractivity contribution < 1.29 is 13.6 Å². The summed E-state index contributed by atoms with van der Waals surface area (Å²) in [5.74, 6) is -2.84. The predicted molar refractivity (Wildman–Crippen MR) is 68.7 cm³/mol. The fraction of sp³-hybridized carbons (Fsp3) is 0.333. The van der Waals surface area contributed by atoms with E-state index in [1.807, 2.05) is 6.07 Å². The molecular weight excluding hydrogens is 353 g/mol. The molecule has 6 heteroatoms. The van der Waals surface area contributed by atoms with Crippen LogP contribution < -0.4 is 5.32 Å². The molecule has 0 aliphatic heterocycles. The first-order valence-electron chi connectivity index (χ1n) is 5.32. The zero-order valence-corrected chi connectivity index (χ0v) is 11.4. The summed E-state index contributed by atoms with van der Waals surface area (Å²) in [6.45, 7) is 0. The molecule has 1 aliphatic rings. The number of hydrogen-bond donors (Lipinski definition) is 1. The van der Waals surface area contributed by atoms with E-state index in [9.17, 15) is 13.6 Å². The van der Waals surface area contributed by atoms with E-state index in [-0.39, 0.29) is 15.6 Å². The number of rotatable bonds is 3. The minimum absolute atomic E-state index is 0.125. The Morgan fingerprint density at radius 2 is 2.11 bits per heavy atom. The Balaban J connectivity index is 2.20. The molecule has 1 amide bonds. The molecule has 0 spiro atoms. The second-order valence-corrected chi connectivity index (χ2v) is 5.45. The number of carbonyl (C=O) groups excluding carboxylic acids is 1. The molecule has 94 valence electrons. The molecule has 0 atom stereocenters. The molecule has 0 unspecified atom stereocenters. The van der Waals surface area contributed by atoms with Crippen LogP contribution in [0.15, 0.2) is 12.1 Å². The lowest BCUT2D eigenvalue weighted by Gasteiger charge is -2.14. The van der Waals surface area contributed by atoms with Crippen LogP contribution in [0, 0.1) is 26.5 Å². The number of benzene rings is 1. The van der Waals surface area contributed by atoms with Crippen LogP contribution in [0.4, 0.5) is 8.78 Å². The average Bonchev–Trinajstić information content (AvgIpc) is 3.06. The smallest absolute Gasteiger partial charge is 0.254 e. The van der Waals surface area contributed by atoms with Crippen molar-refractivity contribution in [1.82, 2.24) is 5.32 Å². The molecule has 1 aromatic carbocycles. The number of nitriles is 1. The minimum atomic E-state index is -1.15. The minimum Gasteiger partial charge on any atom is -0.345 e. The zero-order chi connectivity index (χ0) is 13.3. The second kappa shape index (κ2) is 4.80. The van der Waals surface area contributed by atoms with E-state index in [4.69, 9.17) is 5.26 Å². The fourth-order valence-corrected chi connectivity index (χ4v) is 2.07. The molecule has 18 heavy (non-hydrogen) atoms. The summed E-state index contributed by atoms with van der Waals surface area (Å²) >= 11 is 1.65. The summed E-state index contributed by atoms with van der Waals surface area (Å²) in [5.41, 5.74) is -0.866. The van der Waals surface area contributed by atoms with E-state index < -0.39 is 23.1 Å². The van der Waals surface area contributed by atoms with Crippen LogP contribution in [-0.4, -0.2) is 11.4 Å². The first-order valence-corrected chi connectivity index (χ1v) is 6.40. The highest BCUT2D eigenvalue weighted by molar-refractivity contribution is 14.1. The Morgan fingerprint density at radius 1 is 1.44 bits per heavy atom. The number of carbonyl (C=O) groups is 1. The van der Waals surface area contributed by atoms with Gasteiger partial charge in [0.15, 0.2) is 11.6 Å². The molecule has 3 nitrogen and oxygen atoms in total. The summed E-state index contributed by atoms with van der Waals surface area (Å²) in [6, 6.07) is 4.57. The Morgan fingerprint density at radius 3 is 2.67 bits per heavy atom. The molecule has 1 fully saturated rings. The van der Waals surface area contributed by atoms with Crippen LogP contribution in [0.3, 0.4) is 0 Å². The summed E-state index contributed by atoms with van der Waals surface area (Å²) in [7, 11) is 0. The van der Waals surface area contributed by atoms with Crippen molar-refractivity contribution in [1.29, 1.82) is 5.26 Å². The molecule has 1 aliphatic carbocycles. The molecule has 0 aromatic heterocycles. The van der Waals surface area contributed by atoms with Gasteiger partial charge >= 0.3 is 0 Å². The SMILES string of the molecule is N#CCC1(NC(=O)c2ccc(I)c(F)c2F)CC1. The van der Waals surface area contributed by atoms with E-state index in [1.165, 1.54) is 12.1 Å². The van der Waals surface area contributed by atoms with Gasteiger partial charge in [0.2, 0.25) is 0 Å². The number of nitrogens with zero attached hydrogens (tertiary/aromatic N) is 1. The van der Waals surface area contributed by atoms with Crippen molar-refractivity contribution in [2.45, 2.75) is 24.8 Å². The van der Waals surface area contributed by atoms with E-state index in [1.54, 1.807) is 22.6 Å². The van der Waals surface area contributed by atoms with Gasteiger partial charge in [0.25, 0.3) is 5.91 Å². The highest BCUT2D eigenvalue weighted by Crippen LogP contribution is 2.38. The zero-order valence-electron chi connectivity index (χ0n) is 9.27. The summed E-state index contributed by atoms with van der Waals surface area (Å²) in [4.78, 5) is 11.8. The summed E-state index contributed by atoms with van der Waals surface area (Å²) < 4.78 is 27.0. The van der Waals surface area contributed by atoms with Crippen LogP contribution in [0.1, 0.15) is 29.6 Å². The fourth-order valence-electron chi connectivity index (χ4n) is 1.66. The van der Waals surface area contributed by atoms with E-state index >= 15 is 0 Å². The Hall–Kier alpha value is -1.23. The van der Waals surface area contributed by atoms with Crippen molar-refractivity contribution in [3.63, 3.8) is 0 Å². The topological polar surface area (TPSA) is 52.9 Å². The van der Waals surface area contributed by atoms with Gasteiger partial charge in [-0.1, -0.05) is 0 Å². The number of halogens is 3. The maximum Gasteiger partial charge on any atom is 0.254 e. The largest absolute Gasteiger partial charge is 0.345 e. The van der Waals surface area contributed by atoms with Gasteiger partial charge in [-0.2, -0.15) is 5.26 Å². The quantitative estimate of drug-likeness (QED) is 0.664. The molecule has 2 rings (SSSR count). The van der Waals surface area contributed by atoms with Gasteiger partial charge in [0.05, 0.1) is 27.2 Å². The van der Waals surface area contributed by atoms with E-state index in [0.717, 1.165) is 0 Å². The van der Waals surface area contributed by atoms with Gasteiger partial charge in [-0.3, -0.25) is 4.79 Å².